The Balaban J connectivity index is 1.67. The van der Waals surface area contributed by atoms with Crippen LogP contribution in [0.25, 0.3) is 11.0 Å². The fraction of sp³-hybridized carbons (Fsp3) is 0.462. The van der Waals surface area contributed by atoms with Crippen molar-refractivity contribution in [3.63, 3.8) is 0 Å². The molecule has 1 atom stereocenters. The topological polar surface area (TPSA) is 110 Å². The zero-order chi connectivity index (χ0) is 24.9. The molecule has 1 saturated heterocycles. The highest BCUT2D eigenvalue weighted by Crippen LogP contribution is 2.31. The van der Waals surface area contributed by atoms with Crippen LogP contribution in [0, 0.1) is 5.41 Å². The standard InChI is InChI=1S/C26H35N7O2/c1-5-21(6-2)29-24-22(16-27)30-26(33-12-10-32(11-13-33)18(4)34)31-25(24)28-17(3)19-7-8-23-20(15-19)9-14-35-23/h7-9,14-17,21,27,29H,5-6,10-13H2,1-4H3,(H,28,30,31). The maximum absolute atomic E-state index is 11.7. The second-order valence-corrected chi connectivity index (χ2v) is 9.01. The van der Waals surface area contributed by atoms with Crippen LogP contribution in [0.15, 0.2) is 34.9 Å². The van der Waals surface area contributed by atoms with Gasteiger partial charge in [0, 0.05) is 50.7 Å². The molecule has 0 spiro atoms. The van der Waals surface area contributed by atoms with Gasteiger partial charge in [0.25, 0.3) is 0 Å². The number of fused-ring (bicyclic) bond motifs is 1. The van der Waals surface area contributed by atoms with E-state index >= 15 is 0 Å². The van der Waals surface area contributed by atoms with E-state index in [0.717, 1.165) is 35.1 Å². The van der Waals surface area contributed by atoms with Gasteiger partial charge in [0.05, 0.1) is 12.3 Å². The molecule has 0 saturated carbocycles. The van der Waals surface area contributed by atoms with E-state index in [1.54, 1.807) is 13.2 Å². The summed E-state index contributed by atoms with van der Waals surface area (Å²) in [5.41, 5.74) is 3.27. The molecule has 186 valence electrons. The third-order valence-electron chi connectivity index (χ3n) is 6.73. The number of hydrogen-bond acceptors (Lipinski definition) is 8. The second-order valence-electron chi connectivity index (χ2n) is 9.01. The summed E-state index contributed by atoms with van der Waals surface area (Å²) in [6.07, 6.45) is 4.89. The van der Waals surface area contributed by atoms with Crippen LogP contribution < -0.4 is 15.5 Å². The van der Waals surface area contributed by atoms with Crippen molar-refractivity contribution in [2.24, 2.45) is 0 Å². The molecule has 9 nitrogen and oxygen atoms in total. The third kappa shape index (κ3) is 5.39. The molecule has 3 aromatic rings. The van der Waals surface area contributed by atoms with E-state index in [2.05, 4.69) is 48.4 Å². The highest BCUT2D eigenvalue weighted by atomic mass is 16.3. The molecule has 4 rings (SSSR count). The summed E-state index contributed by atoms with van der Waals surface area (Å²) >= 11 is 0. The van der Waals surface area contributed by atoms with Gasteiger partial charge in [-0.15, -0.1) is 0 Å². The minimum Gasteiger partial charge on any atom is -0.464 e. The van der Waals surface area contributed by atoms with Crippen LogP contribution in [-0.4, -0.2) is 59.2 Å². The maximum atomic E-state index is 11.7. The second kappa shape index (κ2) is 10.8. The van der Waals surface area contributed by atoms with Crippen LogP contribution in [0.4, 0.5) is 17.5 Å². The number of carbonyl (C=O) groups is 1. The van der Waals surface area contributed by atoms with Crippen molar-refractivity contribution in [1.82, 2.24) is 14.9 Å². The number of piperazine rings is 1. The Bertz CT molecular complexity index is 1180. The van der Waals surface area contributed by atoms with Gasteiger partial charge >= 0.3 is 0 Å². The summed E-state index contributed by atoms with van der Waals surface area (Å²) in [6.45, 7) is 10.6. The van der Waals surface area contributed by atoms with E-state index in [9.17, 15) is 4.79 Å². The molecule has 1 aromatic carbocycles. The molecule has 0 radical (unpaired) electrons. The highest BCUT2D eigenvalue weighted by molar-refractivity contribution is 5.89. The first kappa shape index (κ1) is 24.5. The normalized spacial score (nSPS) is 14.9. The number of furan rings is 1. The molecule has 0 aliphatic carbocycles. The molecule has 1 amide bonds. The quantitative estimate of drug-likeness (QED) is 0.384. The van der Waals surface area contributed by atoms with Crippen LogP contribution in [0.1, 0.15) is 57.8 Å². The Morgan fingerprint density at radius 1 is 1.14 bits per heavy atom. The van der Waals surface area contributed by atoms with Gasteiger partial charge in [-0.25, -0.2) is 4.98 Å². The van der Waals surface area contributed by atoms with Gasteiger partial charge in [0.15, 0.2) is 5.82 Å². The molecule has 1 aliphatic heterocycles. The van der Waals surface area contributed by atoms with Gasteiger partial charge in [-0.2, -0.15) is 4.98 Å². The molecule has 35 heavy (non-hydrogen) atoms. The van der Waals surface area contributed by atoms with Crippen LogP contribution >= 0.6 is 0 Å². The number of aromatic nitrogens is 2. The SMILES string of the molecule is CCC(CC)Nc1c(C=N)nc(N2CCN(C(C)=O)CC2)nc1NC(C)c1ccc2occc2c1. The van der Waals surface area contributed by atoms with Crippen molar-refractivity contribution < 1.29 is 9.21 Å². The van der Waals surface area contributed by atoms with Crippen molar-refractivity contribution in [3.05, 3.63) is 41.8 Å². The van der Waals surface area contributed by atoms with E-state index < -0.39 is 0 Å². The summed E-state index contributed by atoms with van der Waals surface area (Å²) in [5, 5.41) is 16.3. The average Bonchev–Trinajstić information content (AvgIpc) is 3.35. The lowest BCUT2D eigenvalue weighted by Gasteiger charge is -2.34. The molecule has 1 unspecified atom stereocenters. The summed E-state index contributed by atoms with van der Waals surface area (Å²) in [6, 6.07) is 8.33. The number of carbonyl (C=O) groups excluding carboxylic acids is 1. The summed E-state index contributed by atoms with van der Waals surface area (Å²) in [4.78, 5) is 25.3. The predicted molar refractivity (Wildman–Crippen MR) is 141 cm³/mol. The Hall–Kier alpha value is -3.62. The smallest absolute Gasteiger partial charge is 0.228 e. The Labute approximate surface area is 206 Å². The first-order valence-corrected chi connectivity index (χ1v) is 12.4. The molecule has 1 fully saturated rings. The number of amides is 1. The summed E-state index contributed by atoms with van der Waals surface area (Å²) in [5.74, 6) is 1.33. The first-order valence-electron chi connectivity index (χ1n) is 12.4. The van der Waals surface area contributed by atoms with Crippen molar-refractivity contribution >= 4 is 40.5 Å². The third-order valence-corrected chi connectivity index (χ3v) is 6.73. The number of nitrogens with zero attached hydrogens (tertiary/aromatic N) is 4. The van der Waals surface area contributed by atoms with Crippen LogP contribution in [0.5, 0.6) is 0 Å². The van der Waals surface area contributed by atoms with Crippen LogP contribution in [0.3, 0.4) is 0 Å². The number of benzene rings is 1. The van der Waals surface area contributed by atoms with Crippen LogP contribution in [-0.2, 0) is 4.79 Å². The van der Waals surface area contributed by atoms with Crippen molar-refractivity contribution in [3.8, 4) is 0 Å². The van der Waals surface area contributed by atoms with Crippen molar-refractivity contribution in [2.75, 3.05) is 41.7 Å². The fourth-order valence-electron chi connectivity index (χ4n) is 4.42. The van der Waals surface area contributed by atoms with Gasteiger partial charge in [0.2, 0.25) is 11.9 Å². The monoisotopic (exact) mass is 477 g/mol. The van der Waals surface area contributed by atoms with E-state index in [-0.39, 0.29) is 18.0 Å². The minimum absolute atomic E-state index is 0.0348. The number of rotatable bonds is 9. The molecule has 9 heteroatoms. The molecule has 3 N–H and O–H groups in total. The van der Waals surface area contributed by atoms with Crippen LogP contribution in [0.2, 0.25) is 0 Å². The molecule has 1 aliphatic rings. The fourth-order valence-corrected chi connectivity index (χ4v) is 4.42. The van der Waals surface area contributed by atoms with Crippen molar-refractivity contribution in [1.29, 1.82) is 5.41 Å². The van der Waals surface area contributed by atoms with E-state index in [1.807, 2.05) is 17.0 Å². The largest absolute Gasteiger partial charge is 0.464 e. The Morgan fingerprint density at radius 2 is 1.89 bits per heavy atom. The first-order chi connectivity index (χ1) is 16.9. The van der Waals surface area contributed by atoms with E-state index in [4.69, 9.17) is 19.8 Å². The highest BCUT2D eigenvalue weighted by Gasteiger charge is 2.24. The summed E-state index contributed by atoms with van der Waals surface area (Å²) in [7, 11) is 0. The maximum Gasteiger partial charge on any atom is 0.228 e. The summed E-state index contributed by atoms with van der Waals surface area (Å²) < 4.78 is 5.49. The minimum atomic E-state index is -0.0348. The Kier molecular flexibility index (Phi) is 7.53. The molecular weight excluding hydrogens is 442 g/mol. The Morgan fingerprint density at radius 3 is 2.54 bits per heavy atom. The van der Waals surface area contributed by atoms with E-state index in [1.165, 1.54) is 6.21 Å². The number of anilines is 3. The van der Waals surface area contributed by atoms with E-state index in [0.29, 0.717) is 43.6 Å². The zero-order valence-corrected chi connectivity index (χ0v) is 21.0. The van der Waals surface area contributed by atoms with Crippen molar-refractivity contribution in [2.45, 2.75) is 52.6 Å². The van der Waals surface area contributed by atoms with Gasteiger partial charge < -0.3 is 30.3 Å². The lowest BCUT2D eigenvalue weighted by Crippen LogP contribution is -2.48. The lowest BCUT2D eigenvalue weighted by molar-refractivity contribution is -0.129. The molecule has 2 aromatic heterocycles. The zero-order valence-electron chi connectivity index (χ0n) is 21.0. The predicted octanol–water partition coefficient (Wildman–Crippen LogP) is 4.66. The number of hydrogen-bond donors (Lipinski definition) is 3. The lowest BCUT2D eigenvalue weighted by atomic mass is 10.1. The van der Waals surface area contributed by atoms with Gasteiger partial charge in [-0.3, -0.25) is 4.79 Å². The van der Waals surface area contributed by atoms with Gasteiger partial charge in [0.1, 0.15) is 17.0 Å². The molecular formula is C26H35N7O2. The number of nitrogens with one attached hydrogen (secondary N) is 3. The van der Waals surface area contributed by atoms with Gasteiger partial charge in [-0.05, 0) is 43.5 Å². The van der Waals surface area contributed by atoms with Gasteiger partial charge in [-0.1, -0.05) is 19.9 Å². The molecule has 3 heterocycles. The molecule has 0 bridgehead atoms. The average molecular weight is 478 g/mol.